The van der Waals surface area contributed by atoms with Crippen LogP contribution in [-0.2, 0) is 10.0 Å². The van der Waals surface area contributed by atoms with Gasteiger partial charge >= 0.3 is 0 Å². The molecule has 0 radical (unpaired) electrons. The van der Waals surface area contributed by atoms with Crippen LogP contribution in [0.25, 0.3) is 0 Å². The number of rotatable bonds is 8. The third kappa shape index (κ3) is 7.92. The van der Waals surface area contributed by atoms with Crippen molar-refractivity contribution in [2.24, 2.45) is 10.9 Å². The molecule has 27 heavy (non-hydrogen) atoms. The van der Waals surface area contributed by atoms with Gasteiger partial charge in [-0.05, 0) is 24.8 Å². The lowest BCUT2D eigenvalue weighted by Crippen LogP contribution is -2.40. The van der Waals surface area contributed by atoms with E-state index in [9.17, 15) is 13.5 Å². The fourth-order valence-corrected chi connectivity index (χ4v) is 3.96. The monoisotopic (exact) mass is 510 g/mol. The van der Waals surface area contributed by atoms with Gasteiger partial charge in [-0.3, -0.25) is 4.99 Å². The molecule has 2 rings (SSSR count). The lowest BCUT2D eigenvalue weighted by molar-refractivity contribution is 0.268. The van der Waals surface area contributed by atoms with Gasteiger partial charge in [-0.2, -0.15) is 0 Å². The lowest BCUT2D eigenvalue weighted by Gasteiger charge is -2.17. The van der Waals surface area contributed by atoms with Gasteiger partial charge in [-0.25, -0.2) is 12.7 Å². The van der Waals surface area contributed by atoms with Crippen LogP contribution in [0.3, 0.4) is 0 Å². The maximum atomic E-state index is 11.6. The first-order chi connectivity index (χ1) is 12.4. The van der Waals surface area contributed by atoms with Crippen LogP contribution in [0.15, 0.2) is 35.3 Å². The van der Waals surface area contributed by atoms with Crippen LogP contribution in [0.1, 0.15) is 24.8 Å². The Hall–Kier alpha value is -0.910. The highest BCUT2D eigenvalue weighted by Crippen LogP contribution is 2.18. The molecule has 0 aliphatic carbocycles. The van der Waals surface area contributed by atoms with Crippen molar-refractivity contribution >= 4 is 40.0 Å². The van der Waals surface area contributed by atoms with Crippen LogP contribution in [0.4, 0.5) is 0 Å². The van der Waals surface area contributed by atoms with Gasteiger partial charge in [0.05, 0.1) is 19.4 Å². The zero-order valence-electron chi connectivity index (χ0n) is 16.0. The van der Waals surface area contributed by atoms with E-state index in [-0.39, 0.29) is 42.4 Å². The quantitative estimate of drug-likeness (QED) is 0.278. The SMILES string of the molecule is CCNC(=NCC(CO)c1ccccc1)NCC1CCN(S(C)(=O)=O)C1.I. The molecule has 2 atom stereocenters. The van der Waals surface area contributed by atoms with E-state index >= 15 is 0 Å². The number of aliphatic hydroxyl groups is 1. The highest BCUT2D eigenvalue weighted by atomic mass is 127. The van der Waals surface area contributed by atoms with Crippen LogP contribution in [0.5, 0.6) is 0 Å². The first-order valence-electron chi connectivity index (χ1n) is 9.07. The average Bonchev–Trinajstić information content (AvgIpc) is 3.10. The second-order valence-electron chi connectivity index (χ2n) is 6.67. The maximum Gasteiger partial charge on any atom is 0.211 e. The zero-order valence-corrected chi connectivity index (χ0v) is 19.1. The number of nitrogens with one attached hydrogen (secondary N) is 2. The number of benzene rings is 1. The molecular formula is C18H31IN4O3S. The second kappa shape index (κ2) is 11.8. The molecule has 1 fully saturated rings. The van der Waals surface area contributed by atoms with Gasteiger partial charge in [0, 0.05) is 32.1 Å². The van der Waals surface area contributed by atoms with Gasteiger partial charge in [0.2, 0.25) is 10.0 Å². The number of hydrogen-bond acceptors (Lipinski definition) is 4. The number of guanidine groups is 1. The van der Waals surface area contributed by atoms with E-state index in [1.54, 1.807) is 0 Å². The Morgan fingerprint density at radius 2 is 2.04 bits per heavy atom. The lowest BCUT2D eigenvalue weighted by atomic mass is 10.0. The summed E-state index contributed by atoms with van der Waals surface area (Å²) in [6, 6.07) is 9.86. The van der Waals surface area contributed by atoms with Crippen LogP contribution in [-0.4, -0.2) is 69.4 Å². The molecule has 1 saturated heterocycles. The molecular weight excluding hydrogens is 479 g/mol. The molecule has 9 heteroatoms. The number of hydrogen-bond donors (Lipinski definition) is 3. The minimum absolute atomic E-state index is 0. The zero-order chi connectivity index (χ0) is 19.0. The highest BCUT2D eigenvalue weighted by molar-refractivity contribution is 14.0. The standard InChI is InChI=1S/C18H30N4O3S.HI/c1-3-19-18(20-11-15-9-10-22(13-15)26(2,24)25)21-12-17(14-23)16-7-5-4-6-8-16;/h4-8,15,17,23H,3,9-14H2,1-2H3,(H2,19,20,21);1H. The third-order valence-corrected chi connectivity index (χ3v) is 5.85. The topological polar surface area (TPSA) is 94.0 Å². The minimum Gasteiger partial charge on any atom is -0.396 e. The first kappa shape index (κ1) is 24.1. The summed E-state index contributed by atoms with van der Waals surface area (Å²) >= 11 is 0. The van der Waals surface area contributed by atoms with Gasteiger partial charge in [-0.1, -0.05) is 30.3 Å². The van der Waals surface area contributed by atoms with E-state index < -0.39 is 10.0 Å². The number of aliphatic imine (C=N–C) groups is 1. The Balaban J connectivity index is 0.00000364. The summed E-state index contributed by atoms with van der Waals surface area (Å²) in [7, 11) is -3.11. The summed E-state index contributed by atoms with van der Waals surface area (Å²) in [6.45, 7) is 5.07. The fourth-order valence-electron chi connectivity index (χ4n) is 3.04. The van der Waals surface area contributed by atoms with E-state index in [0.29, 0.717) is 32.1 Å². The molecule has 1 heterocycles. The number of aliphatic hydroxyl groups excluding tert-OH is 1. The van der Waals surface area contributed by atoms with E-state index in [1.165, 1.54) is 10.6 Å². The largest absolute Gasteiger partial charge is 0.396 e. The van der Waals surface area contributed by atoms with E-state index in [2.05, 4.69) is 15.6 Å². The number of sulfonamides is 1. The molecule has 0 bridgehead atoms. The molecule has 1 aromatic carbocycles. The smallest absolute Gasteiger partial charge is 0.211 e. The van der Waals surface area contributed by atoms with Gasteiger partial charge < -0.3 is 15.7 Å². The van der Waals surface area contributed by atoms with Crippen molar-refractivity contribution in [3.63, 3.8) is 0 Å². The predicted molar refractivity (Wildman–Crippen MR) is 120 cm³/mol. The Labute approximate surface area is 179 Å². The van der Waals surface area contributed by atoms with Crippen molar-refractivity contribution in [1.29, 1.82) is 0 Å². The molecule has 154 valence electrons. The number of halogens is 1. The second-order valence-corrected chi connectivity index (χ2v) is 8.65. The molecule has 0 spiro atoms. The first-order valence-corrected chi connectivity index (χ1v) is 10.9. The fraction of sp³-hybridized carbons (Fsp3) is 0.611. The van der Waals surface area contributed by atoms with E-state index in [1.807, 2.05) is 37.3 Å². The van der Waals surface area contributed by atoms with E-state index in [0.717, 1.165) is 18.5 Å². The summed E-state index contributed by atoms with van der Waals surface area (Å²) in [5, 5.41) is 16.2. The van der Waals surface area contributed by atoms with Gasteiger partial charge in [-0.15, -0.1) is 24.0 Å². The summed E-state index contributed by atoms with van der Waals surface area (Å²) in [5.74, 6) is 0.926. The molecule has 7 nitrogen and oxygen atoms in total. The minimum atomic E-state index is -3.11. The van der Waals surface area contributed by atoms with Crippen molar-refractivity contribution < 1.29 is 13.5 Å². The molecule has 1 aliphatic rings. The predicted octanol–water partition coefficient (Wildman–Crippen LogP) is 1.22. The molecule has 0 saturated carbocycles. The van der Waals surface area contributed by atoms with Crippen LogP contribution < -0.4 is 10.6 Å². The van der Waals surface area contributed by atoms with Crippen molar-refractivity contribution in [2.75, 3.05) is 45.6 Å². The van der Waals surface area contributed by atoms with Gasteiger partial charge in [0.1, 0.15) is 0 Å². The van der Waals surface area contributed by atoms with Gasteiger partial charge in [0.25, 0.3) is 0 Å². The van der Waals surface area contributed by atoms with Crippen LogP contribution >= 0.6 is 24.0 Å². The van der Waals surface area contributed by atoms with E-state index in [4.69, 9.17) is 0 Å². The molecule has 0 aromatic heterocycles. The van der Waals surface area contributed by atoms with Crippen molar-refractivity contribution in [2.45, 2.75) is 19.3 Å². The normalized spacial score (nSPS) is 19.4. The molecule has 0 amide bonds. The summed E-state index contributed by atoms with van der Waals surface area (Å²) < 4.78 is 24.7. The van der Waals surface area contributed by atoms with Gasteiger partial charge in [0.15, 0.2) is 5.96 Å². The average molecular weight is 510 g/mol. The summed E-state index contributed by atoms with van der Waals surface area (Å²) in [4.78, 5) is 4.59. The molecule has 1 aliphatic heterocycles. The third-order valence-electron chi connectivity index (χ3n) is 4.58. The Morgan fingerprint density at radius 3 is 2.59 bits per heavy atom. The molecule has 2 unspecified atom stereocenters. The molecule has 1 aromatic rings. The van der Waals surface area contributed by atoms with Crippen LogP contribution in [0, 0.1) is 5.92 Å². The molecule has 3 N–H and O–H groups in total. The van der Waals surface area contributed by atoms with Crippen molar-refractivity contribution in [1.82, 2.24) is 14.9 Å². The Morgan fingerprint density at radius 1 is 1.33 bits per heavy atom. The van der Waals surface area contributed by atoms with Crippen molar-refractivity contribution in [3.05, 3.63) is 35.9 Å². The summed E-state index contributed by atoms with van der Waals surface area (Å²) in [5.41, 5.74) is 1.06. The Bertz CT molecular complexity index is 685. The number of nitrogens with zero attached hydrogens (tertiary/aromatic N) is 2. The van der Waals surface area contributed by atoms with Crippen LogP contribution in [0.2, 0.25) is 0 Å². The van der Waals surface area contributed by atoms with Crippen molar-refractivity contribution in [3.8, 4) is 0 Å². The Kier molecular flexibility index (Phi) is 10.6. The highest BCUT2D eigenvalue weighted by Gasteiger charge is 2.28. The maximum absolute atomic E-state index is 11.6. The summed E-state index contributed by atoms with van der Waals surface area (Å²) in [6.07, 6.45) is 2.11.